The van der Waals surface area contributed by atoms with Crippen molar-refractivity contribution in [3.05, 3.63) is 108 Å². The third-order valence-corrected chi connectivity index (χ3v) is 3.98. The lowest BCUT2D eigenvalue weighted by Gasteiger charge is -2.33. The van der Waals surface area contributed by atoms with E-state index >= 15 is 8.78 Å². The molecule has 0 aromatic heterocycles. The van der Waals surface area contributed by atoms with Crippen molar-refractivity contribution in [2.24, 2.45) is 0 Å². The standard InChI is InChI=1S/C22H16F2O/c23-21(24,17-16-18-10-4-1-5-11-18)22(25,19-12-6-2-7-13-19)20-14-8-3-9-15-20/h1-15,25H. The number of rotatable bonds is 3. The number of benzene rings is 3. The largest absolute Gasteiger partial charge is 0.374 e. The van der Waals surface area contributed by atoms with Crippen molar-refractivity contribution < 1.29 is 13.9 Å². The number of alkyl halides is 2. The van der Waals surface area contributed by atoms with Crippen LogP contribution in [-0.2, 0) is 5.60 Å². The topological polar surface area (TPSA) is 20.2 Å². The maximum absolute atomic E-state index is 15.1. The van der Waals surface area contributed by atoms with Gasteiger partial charge >= 0.3 is 5.92 Å². The maximum atomic E-state index is 15.1. The number of aliphatic hydroxyl groups is 1. The fourth-order valence-electron chi connectivity index (χ4n) is 2.65. The van der Waals surface area contributed by atoms with Gasteiger partial charge in [-0.3, -0.25) is 0 Å². The predicted octanol–water partition coefficient (Wildman–Crippen LogP) is 4.61. The van der Waals surface area contributed by atoms with Crippen molar-refractivity contribution in [2.75, 3.05) is 0 Å². The van der Waals surface area contributed by atoms with Crippen LogP contribution in [0.4, 0.5) is 8.78 Å². The third kappa shape index (κ3) is 3.31. The molecule has 0 radical (unpaired) electrons. The molecule has 3 heteroatoms. The summed E-state index contributed by atoms with van der Waals surface area (Å²) in [4.78, 5) is 0. The molecule has 3 aromatic rings. The minimum atomic E-state index is -3.69. The molecule has 3 rings (SSSR count). The van der Waals surface area contributed by atoms with Crippen molar-refractivity contribution in [1.29, 1.82) is 0 Å². The zero-order valence-corrected chi connectivity index (χ0v) is 13.4. The minimum absolute atomic E-state index is 0.0913. The van der Waals surface area contributed by atoms with Crippen LogP contribution in [-0.4, -0.2) is 11.0 Å². The lowest BCUT2D eigenvalue weighted by atomic mass is 9.81. The van der Waals surface area contributed by atoms with E-state index < -0.39 is 11.5 Å². The van der Waals surface area contributed by atoms with E-state index in [4.69, 9.17) is 0 Å². The molecule has 0 spiro atoms. The Bertz CT molecular complexity index is 839. The highest BCUT2D eigenvalue weighted by atomic mass is 19.3. The molecule has 0 unspecified atom stereocenters. The maximum Gasteiger partial charge on any atom is 0.344 e. The van der Waals surface area contributed by atoms with Gasteiger partial charge in [0.2, 0.25) is 0 Å². The molecular weight excluding hydrogens is 318 g/mol. The highest BCUT2D eigenvalue weighted by Gasteiger charge is 2.54. The Morgan fingerprint density at radius 2 is 1.04 bits per heavy atom. The van der Waals surface area contributed by atoms with Gasteiger partial charge in [-0.25, -0.2) is 0 Å². The summed E-state index contributed by atoms with van der Waals surface area (Å²) in [5.74, 6) is 0.761. The van der Waals surface area contributed by atoms with Gasteiger partial charge < -0.3 is 5.11 Å². The normalized spacial score (nSPS) is 11.5. The summed E-state index contributed by atoms with van der Waals surface area (Å²) < 4.78 is 30.2. The van der Waals surface area contributed by atoms with Crippen molar-refractivity contribution in [2.45, 2.75) is 11.5 Å². The Morgan fingerprint density at radius 3 is 1.48 bits per heavy atom. The molecule has 0 aliphatic rings. The van der Waals surface area contributed by atoms with Crippen LogP contribution in [0.2, 0.25) is 0 Å². The zero-order chi connectivity index (χ0) is 17.8. The second kappa shape index (κ2) is 6.88. The summed E-state index contributed by atoms with van der Waals surface area (Å²) in [5.41, 5.74) is -1.90. The van der Waals surface area contributed by atoms with Crippen molar-refractivity contribution >= 4 is 0 Å². The predicted molar refractivity (Wildman–Crippen MR) is 94.1 cm³/mol. The smallest absolute Gasteiger partial charge is 0.344 e. The van der Waals surface area contributed by atoms with Crippen LogP contribution in [0, 0.1) is 11.8 Å². The molecule has 1 nitrogen and oxygen atoms in total. The van der Waals surface area contributed by atoms with Gasteiger partial charge in [0.1, 0.15) is 0 Å². The van der Waals surface area contributed by atoms with Crippen LogP contribution >= 0.6 is 0 Å². The second-order valence-corrected chi connectivity index (χ2v) is 5.63. The van der Waals surface area contributed by atoms with Gasteiger partial charge in [-0.05, 0) is 29.2 Å². The van der Waals surface area contributed by atoms with E-state index in [1.54, 1.807) is 66.7 Å². The fraction of sp³-hybridized carbons (Fsp3) is 0.0909. The summed E-state index contributed by atoms with van der Waals surface area (Å²) in [6, 6.07) is 24.3. The van der Waals surface area contributed by atoms with Crippen LogP contribution in [0.5, 0.6) is 0 Å². The summed E-state index contributed by atoms with van der Waals surface area (Å²) in [6.07, 6.45) is 0. The van der Waals surface area contributed by atoms with Gasteiger partial charge in [-0.2, -0.15) is 8.78 Å². The van der Waals surface area contributed by atoms with E-state index in [1.807, 2.05) is 5.92 Å². The lowest BCUT2D eigenvalue weighted by Crippen LogP contribution is -2.45. The van der Waals surface area contributed by atoms with Crippen molar-refractivity contribution in [3.8, 4) is 11.8 Å². The first-order chi connectivity index (χ1) is 12.0. The summed E-state index contributed by atoms with van der Waals surface area (Å²) in [6.45, 7) is 0. The molecule has 0 heterocycles. The van der Waals surface area contributed by atoms with Crippen LogP contribution in [0.25, 0.3) is 0 Å². The Kier molecular flexibility index (Phi) is 4.65. The van der Waals surface area contributed by atoms with E-state index in [2.05, 4.69) is 5.92 Å². The molecule has 0 aliphatic carbocycles. The van der Waals surface area contributed by atoms with Gasteiger partial charge in [0, 0.05) is 5.56 Å². The Labute approximate surface area is 145 Å². The van der Waals surface area contributed by atoms with Gasteiger partial charge in [-0.15, -0.1) is 0 Å². The minimum Gasteiger partial charge on any atom is -0.374 e. The second-order valence-electron chi connectivity index (χ2n) is 5.63. The molecule has 1 N–H and O–H groups in total. The summed E-state index contributed by atoms with van der Waals surface area (Å²) in [7, 11) is 0. The van der Waals surface area contributed by atoms with Gasteiger partial charge in [0.05, 0.1) is 0 Å². The number of halogens is 2. The third-order valence-electron chi connectivity index (χ3n) is 3.98. The van der Waals surface area contributed by atoms with Crippen LogP contribution in [0.1, 0.15) is 16.7 Å². The number of hydrogen-bond acceptors (Lipinski definition) is 1. The molecule has 25 heavy (non-hydrogen) atoms. The lowest BCUT2D eigenvalue weighted by molar-refractivity contribution is -0.123. The molecule has 0 saturated carbocycles. The summed E-state index contributed by atoms with van der Waals surface area (Å²) in [5, 5.41) is 11.1. The van der Waals surface area contributed by atoms with Gasteiger partial charge in [-0.1, -0.05) is 84.8 Å². The molecule has 3 aromatic carbocycles. The molecular formula is C22H16F2O. The van der Waals surface area contributed by atoms with E-state index in [-0.39, 0.29) is 11.1 Å². The Morgan fingerprint density at radius 1 is 0.640 bits per heavy atom. The monoisotopic (exact) mass is 334 g/mol. The van der Waals surface area contributed by atoms with Crippen molar-refractivity contribution in [3.63, 3.8) is 0 Å². The zero-order valence-electron chi connectivity index (χ0n) is 13.4. The van der Waals surface area contributed by atoms with Gasteiger partial charge in [0.25, 0.3) is 0 Å². The highest BCUT2D eigenvalue weighted by molar-refractivity contribution is 5.44. The molecule has 0 bridgehead atoms. The van der Waals surface area contributed by atoms with E-state index in [9.17, 15) is 5.11 Å². The molecule has 0 fully saturated rings. The molecule has 0 atom stereocenters. The van der Waals surface area contributed by atoms with E-state index in [0.717, 1.165) is 0 Å². The SMILES string of the molecule is OC(c1ccccc1)(c1ccccc1)C(F)(F)C#Cc1ccccc1. The molecule has 124 valence electrons. The first-order valence-electron chi connectivity index (χ1n) is 7.83. The average molecular weight is 334 g/mol. The Hall–Kier alpha value is -2.96. The number of hydrogen-bond donors (Lipinski definition) is 1. The quantitative estimate of drug-likeness (QED) is 0.694. The van der Waals surface area contributed by atoms with Gasteiger partial charge in [0.15, 0.2) is 5.60 Å². The van der Waals surface area contributed by atoms with E-state index in [1.165, 1.54) is 24.3 Å². The van der Waals surface area contributed by atoms with Crippen LogP contribution in [0.3, 0.4) is 0 Å². The average Bonchev–Trinajstić information content (AvgIpc) is 2.68. The summed E-state index contributed by atoms with van der Waals surface area (Å²) >= 11 is 0. The Balaban J connectivity index is 2.13. The fourth-order valence-corrected chi connectivity index (χ4v) is 2.65. The van der Waals surface area contributed by atoms with Crippen molar-refractivity contribution in [1.82, 2.24) is 0 Å². The highest BCUT2D eigenvalue weighted by Crippen LogP contribution is 2.42. The molecule has 0 aliphatic heterocycles. The van der Waals surface area contributed by atoms with Crippen LogP contribution < -0.4 is 0 Å². The van der Waals surface area contributed by atoms with E-state index in [0.29, 0.717) is 5.56 Å². The first kappa shape index (κ1) is 16.9. The first-order valence-corrected chi connectivity index (χ1v) is 7.83. The molecule has 0 amide bonds. The van der Waals surface area contributed by atoms with Crippen LogP contribution in [0.15, 0.2) is 91.0 Å². The molecule has 0 saturated heterocycles.